The van der Waals surface area contributed by atoms with E-state index in [0.29, 0.717) is 24.5 Å². The average molecular weight is 434 g/mol. The van der Waals surface area contributed by atoms with Crippen molar-refractivity contribution in [3.8, 4) is 23.0 Å². The molecule has 3 aromatic rings. The summed E-state index contributed by atoms with van der Waals surface area (Å²) in [7, 11) is 1.64. The molecule has 32 heavy (non-hydrogen) atoms. The number of aliphatic hydroxyl groups is 1. The van der Waals surface area contributed by atoms with Gasteiger partial charge in [-0.2, -0.15) is 0 Å². The number of hydrogen-bond acceptors (Lipinski definition) is 6. The first-order chi connectivity index (χ1) is 15.7. The predicted octanol–water partition coefficient (Wildman–Crippen LogP) is 4.09. The van der Waals surface area contributed by atoms with Crippen LogP contribution in [0.15, 0.2) is 60.7 Å². The van der Waals surface area contributed by atoms with E-state index in [1.54, 1.807) is 7.11 Å². The van der Waals surface area contributed by atoms with E-state index in [1.807, 2.05) is 54.6 Å². The van der Waals surface area contributed by atoms with Crippen LogP contribution >= 0.6 is 0 Å². The zero-order valence-electron chi connectivity index (χ0n) is 18.1. The van der Waals surface area contributed by atoms with Gasteiger partial charge < -0.3 is 24.1 Å². The number of aliphatic hydroxyl groups excluding tert-OH is 1. The summed E-state index contributed by atoms with van der Waals surface area (Å²) in [5.74, 6) is 2.95. The summed E-state index contributed by atoms with van der Waals surface area (Å²) in [6.07, 6.45) is 0.0267. The molecule has 1 atom stereocenters. The first-order valence-corrected chi connectivity index (χ1v) is 10.9. The van der Waals surface area contributed by atoms with Crippen molar-refractivity contribution in [3.63, 3.8) is 0 Å². The molecule has 2 aliphatic heterocycles. The summed E-state index contributed by atoms with van der Waals surface area (Å²) in [5.41, 5.74) is 4.20. The van der Waals surface area contributed by atoms with Crippen LogP contribution in [0.4, 0.5) is 0 Å². The van der Waals surface area contributed by atoms with Crippen molar-refractivity contribution in [3.05, 3.63) is 82.9 Å². The molecule has 0 fully saturated rings. The minimum absolute atomic E-state index is 0.216. The van der Waals surface area contributed by atoms with Gasteiger partial charge in [0.25, 0.3) is 0 Å². The Kier molecular flexibility index (Phi) is 5.88. The van der Waals surface area contributed by atoms with Gasteiger partial charge in [0, 0.05) is 31.6 Å². The Labute approximate surface area is 187 Å². The minimum atomic E-state index is -0.558. The fraction of sp³-hybridized carbons (Fsp3) is 0.308. The van der Waals surface area contributed by atoms with Gasteiger partial charge in [-0.3, -0.25) is 4.90 Å². The standard InChI is InChI=1S/C26H27NO5/c1-29-24-12-19(13-25-26(24)32-17-31-25)15-27-9-10-30-23-8-7-20(14-21(23)16-27)22(28)11-18-5-3-2-4-6-18/h2-8,12-14,22,28H,9-11,15-17H2,1H3. The molecule has 0 spiro atoms. The molecule has 166 valence electrons. The molecule has 5 rings (SSSR count). The lowest BCUT2D eigenvalue weighted by Crippen LogP contribution is -2.25. The number of benzene rings is 3. The third-order valence-electron chi connectivity index (χ3n) is 5.92. The van der Waals surface area contributed by atoms with Crippen LogP contribution in [0, 0.1) is 0 Å². The van der Waals surface area contributed by atoms with Gasteiger partial charge in [-0.15, -0.1) is 0 Å². The molecule has 0 radical (unpaired) electrons. The molecule has 6 nitrogen and oxygen atoms in total. The van der Waals surface area contributed by atoms with E-state index in [0.717, 1.165) is 53.4 Å². The van der Waals surface area contributed by atoms with Crippen LogP contribution in [0.2, 0.25) is 0 Å². The second kappa shape index (κ2) is 9.10. The highest BCUT2D eigenvalue weighted by Gasteiger charge is 2.22. The first-order valence-electron chi connectivity index (χ1n) is 10.9. The summed E-state index contributed by atoms with van der Waals surface area (Å²) < 4.78 is 22.6. The highest BCUT2D eigenvalue weighted by atomic mass is 16.7. The zero-order chi connectivity index (χ0) is 21.9. The second-order valence-electron chi connectivity index (χ2n) is 8.16. The molecule has 0 saturated heterocycles. The maximum atomic E-state index is 10.8. The molecular weight excluding hydrogens is 406 g/mol. The van der Waals surface area contributed by atoms with Crippen LogP contribution in [-0.4, -0.2) is 37.1 Å². The van der Waals surface area contributed by atoms with Crippen LogP contribution in [0.5, 0.6) is 23.0 Å². The van der Waals surface area contributed by atoms with E-state index >= 15 is 0 Å². The maximum absolute atomic E-state index is 10.8. The van der Waals surface area contributed by atoms with Gasteiger partial charge in [-0.25, -0.2) is 0 Å². The van der Waals surface area contributed by atoms with Crippen LogP contribution in [-0.2, 0) is 19.5 Å². The Morgan fingerprint density at radius 3 is 2.69 bits per heavy atom. The Hall–Kier alpha value is -3.22. The van der Waals surface area contributed by atoms with Crippen molar-refractivity contribution in [2.24, 2.45) is 0 Å². The van der Waals surface area contributed by atoms with Gasteiger partial charge in [0.05, 0.1) is 13.2 Å². The largest absolute Gasteiger partial charge is 0.493 e. The lowest BCUT2D eigenvalue weighted by Gasteiger charge is -2.20. The molecule has 2 aliphatic rings. The monoisotopic (exact) mass is 433 g/mol. The molecule has 1 N–H and O–H groups in total. The molecule has 6 heteroatoms. The van der Waals surface area contributed by atoms with E-state index < -0.39 is 6.10 Å². The van der Waals surface area contributed by atoms with Crippen molar-refractivity contribution in [2.75, 3.05) is 27.1 Å². The molecule has 0 saturated carbocycles. The van der Waals surface area contributed by atoms with E-state index in [1.165, 1.54) is 0 Å². The van der Waals surface area contributed by atoms with Crippen molar-refractivity contribution >= 4 is 0 Å². The van der Waals surface area contributed by atoms with E-state index in [9.17, 15) is 5.11 Å². The van der Waals surface area contributed by atoms with E-state index in [4.69, 9.17) is 18.9 Å². The van der Waals surface area contributed by atoms with Crippen molar-refractivity contribution in [1.82, 2.24) is 4.90 Å². The van der Waals surface area contributed by atoms with Gasteiger partial charge in [0.15, 0.2) is 11.5 Å². The van der Waals surface area contributed by atoms with Gasteiger partial charge in [0.2, 0.25) is 12.5 Å². The van der Waals surface area contributed by atoms with E-state index in [-0.39, 0.29) is 6.79 Å². The number of fused-ring (bicyclic) bond motifs is 2. The van der Waals surface area contributed by atoms with Crippen molar-refractivity contribution in [1.29, 1.82) is 0 Å². The normalized spacial score (nSPS) is 16.1. The third-order valence-corrected chi connectivity index (χ3v) is 5.92. The summed E-state index contributed by atoms with van der Waals surface area (Å²) >= 11 is 0. The maximum Gasteiger partial charge on any atom is 0.231 e. The van der Waals surface area contributed by atoms with E-state index in [2.05, 4.69) is 11.0 Å². The Balaban J connectivity index is 1.33. The summed E-state index contributed by atoms with van der Waals surface area (Å²) in [5, 5.41) is 10.8. The van der Waals surface area contributed by atoms with Gasteiger partial charge in [-0.05, 0) is 41.0 Å². The molecule has 1 unspecified atom stereocenters. The SMILES string of the molecule is COc1cc(CN2CCOc3ccc(C(O)Cc4ccccc4)cc3C2)cc2c1OCO2. The number of ether oxygens (including phenoxy) is 4. The van der Waals surface area contributed by atoms with Gasteiger partial charge in [-0.1, -0.05) is 36.4 Å². The molecule has 2 heterocycles. The Morgan fingerprint density at radius 1 is 0.969 bits per heavy atom. The van der Waals surface area contributed by atoms with Crippen LogP contribution < -0.4 is 18.9 Å². The van der Waals surface area contributed by atoms with Crippen molar-refractivity contribution in [2.45, 2.75) is 25.6 Å². The Morgan fingerprint density at radius 2 is 1.84 bits per heavy atom. The third kappa shape index (κ3) is 4.38. The number of rotatable bonds is 6. The molecule has 0 aromatic heterocycles. The van der Waals surface area contributed by atoms with Crippen molar-refractivity contribution < 1.29 is 24.1 Å². The summed E-state index contributed by atoms with van der Waals surface area (Å²) in [4.78, 5) is 2.33. The Bertz CT molecular complexity index is 1090. The molecule has 0 bridgehead atoms. The average Bonchev–Trinajstić information content (AvgIpc) is 3.19. The number of hydrogen-bond donors (Lipinski definition) is 1. The molecule has 3 aromatic carbocycles. The fourth-order valence-corrected chi connectivity index (χ4v) is 4.30. The van der Waals surface area contributed by atoms with Crippen LogP contribution in [0.3, 0.4) is 0 Å². The zero-order valence-corrected chi connectivity index (χ0v) is 18.1. The summed E-state index contributed by atoms with van der Waals surface area (Å²) in [6.45, 7) is 3.09. The van der Waals surface area contributed by atoms with Gasteiger partial charge >= 0.3 is 0 Å². The fourth-order valence-electron chi connectivity index (χ4n) is 4.30. The molecule has 0 amide bonds. The lowest BCUT2D eigenvalue weighted by atomic mass is 9.99. The smallest absolute Gasteiger partial charge is 0.231 e. The quantitative estimate of drug-likeness (QED) is 0.632. The first kappa shape index (κ1) is 20.7. The summed E-state index contributed by atoms with van der Waals surface area (Å²) in [6, 6.07) is 20.1. The highest BCUT2D eigenvalue weighted by molar-refractivity contribution is 5.55. The topological polar surface area (TPSA) is 60.4 Å². The van der Waals surface area contributed by atoms with Crippen LogP contribution in [0.25, 0.3) is 0 Å². The second-order valence-corrected chi connectivity index (χ2v) is 8.16. The molecule has 0 aliphatic carbocycles. The molecular formula is C26H27NO5. The number of nitrogens with zero attached hydrogens (tertiary/aromatic N) is 1. The highest BCUT2D eigenvalue weighted by Crippen LogP contribution is 2.42. The lowest BCUT2D eigenvalue weighted by molar-refractivity contribution is 0.171. The number of methoxy groups -OCH3 is 1. The van der Waals surface area contributed by atoms with Crippen LogP contribution in [0.1, 0.15) is 28.4 Å². The minimum Gasteiger partial charge on any atom is -0.493 e. The predicted molar refractivity (Wildman–Crippen MR) is 120 cm³/mol. The van der Waals surface area contributed by atoms with Gasteiger partial charge in [0.1, 0.15) is 12.4 Å².